The van der Waals surface area contributed by atoms with Gasteiger partial charge in [-0.15, -0.1) is 0 Å². The van der Waals surface area contributed by atoms with Gasteiger partial charge in [-0.3, -0.25) is 9.36 Å². The number of nitrogens with zero attached hydrogens (tertiary/aromatic N) is 2. The van der Waals surface area contributed by atoms with Crippen molar-refractivity contribution in [3.63, 3.8) is 0 Å². The molecular weight excluding hydrogens is 379 g/mol. The van der Waals surface area contributed by atoms with Crippen molar-refractivity contribution in [1.29, 1.82) is 0 Å². The van der Waals surface area contributed by atoms with Crippen LogP contribution in [0.5, 0.6) is 5.88 Å². The standard InChI is InChI=1S/C16H17IN2O2/c17-12-6-8-13(9-7-12)19-15(21)10-14(20)18-16(19)11-4-2-1-3-5-11/h6-11,20H,1-5H2. The number of halogens is 1. The maximum absolute atomic E-state index is 12.3. The summed E-state index contributed by atoms with van der Waals surface area (Å²) >= 11 is 2.24. The Morgan fingerprint density at radius 3 is 2.48 bits per heavy atom. The van der Waals surface area contributed by atoms with Crippen LogP contribution in [0, 0.1) is 3.57 Å². The summed E-state index contributed by atoms with van der Waals surface area (Å²) in [5.41, 5.74) is 0.595. The molecule has 1 aliphatic rings. The van der Waals surface area contributed by atoms with E-state index in [2.05, 4.69) is 27.6 Å². The largest absolute Gasteiger partial charge is 0.493 e. The van der Waals surface area contributed by atoms with Crippen LogP contribution in [-0.4, -0.2) is 14.7 Å². The van der Waals surface area contributed by atoms with Gasteiger partial charge in [0, 0.05) is 9.49 Å². The molecule has 1 heterocycles. The van der Waals surface area contributed by atoms with Crippen molar-refractivity contribution in [2.75, 3.05) is 0 Å². The van der Waals surface area contributed by atoms with Gasteiger partial charge >= 0.3 is 0 Å². The summed E-state index contributed by atoms with van der Waals surface area (Å²) in [5, 5.41) is 9.71. The number of benzene rings is 1. The van der Waals surface area contributed by atoms with Crippen LogP contribution < -0.4 is 5.56 Å². The molecule has 1 aliphatic carbocycles. The molecule has 3 rings (SSSR count). The summed E-state index contributed by atoms with van der Waals surface area (Å²) < 4.78 is 2.77. The fraction of sp³-hybridized carbons (Fsp3) is 0.375. The van der Waals surface area contributed by atoms with Crippen LogP contribution in [0.1, 0.15) is 43.8 Å². The SMILES string of the molecule is O=c1cc(O)nc(C2CCCCC2)n1-c1ccc(I)cc1. The highest BCUT2D eigenvalue weighted by Crippen LogP contribution is 2.32. The van der Waals surface area contributed by atoms with Crippen LogP contribution in [0.4, 0.5) is 0 Å². The van der Waals surface area contributed by atoms with Crippen molar-refractivity contribution in [2.45, 2.75) is 38.0 Å². The Balaban J connectivity index is 2.13. The minimum Gasteiger partial charge on any atom is -0.493 e. The zero-order valence-corrected chi connectivity index (χ0v) is 13.8. The minimum absolute atomic E-state index is 0.178. The number of hydrogen-bond donors (Lipinski definition) is 1. The highest BCUT2D eigenvalue weighted by molar-refractivity contribution is 14.1. The van der Waals surface area contributed by atoms with E-state index in [4.69, 9.17) is 0 Å². The van der Waals surface area contributed by atoms with Gasteiger partial charge in [-0.25, -0.2) is 0 Å². The molecule has 0 amide bonds. The third-order valence-electron chi connectivity index (χ3n) is 3.99. The van der Waals surface area contributed by atoms with Crippen LogP contribution in [0.25, 0.3) is 5.69 Å². The highest BCUT2D eigenvalue weighted by Gasteiger charge is 2.22. The van der Waals surface area contributed by atoms with E-state index in [1.165, 1.54) is 12.5 Å². The van der Waals surface area contributed by atoms with E-state index in [0.717, 1.165) is 34.9 Å². The number of rotatable bonds is 2. The second-order valence-corrected chi connectivity index (χ2v) is 6.70. The van der Waals surface area contributed by atoms with E-state index in [9.17, 15) is 9.90 Å². The maximum Gasteiger partial charge on any atom is 0.261 e. The first-order valence-electron chi connectivity index (χ1n) is 7.24. The summed E-state index contributed by atoms with van der Waals surface area (Å²) in [5.74, 6) is 0.765. The van der Waals surface area contributed by atoms with Crippen LogP contribution >= 0.6 is 22.6 Å². The minimum atomic E-state index is -0.218. The number of aromatic hydroxyl groups is 1. The maximum atomic E-state index is 12.3. The topological polar surface area (TPSA) is 55.1 Å². The molecule has 1 fully saturated rings. The summed E-state index contributed by atoms with van der Waals surface area (Å²) in [7, 11) is 0. The third kappa shape index (κ3) is 3.12. The summed E-state index contributed by atoms with van der Waals surface area (Å²) in [6, 6.07) is 8.98. The predicted octanol–water partition coefficient (Wildman–Crippen LogP) is 3.59. The van der Waals surface area contributed by atoms with Gasteiger partial charge in [0.25, 0.3) is 5.56 Å². The van der Waals surface area contributed by atoms with E-state index in [1.807, 2.05) is 24.3 Å². The van der Waals surface area contributed by atoms with Crippen molar-refractivity contribution in [3.05, 3.63) is 50.1 Å². The second kappa shape index (κ2) is 6.17. The van der Waals surface area contributed by atoms with Gasteiger partial charge in [0.05, 0.1) is 11.8 Å². The Hall–Kier alpha value is -1.37. The van der Waals surface area contributed by atoms with Crippen LogP contribution in [0.15, 0.2) is 35.1 Å². The van der Waals surface area contributed by atoms with Crippen molar-refractivity contribution < 1.29 is 5.11 Å². The summed E-state index contributed by atoms with van der Waals surface area (Å²) in [6.07, 6.45) is 5.61. The van der Waals surface area contributed by atoms with E-state index < -0.39 is 0 Å². The van der Waals surface area contributed by atoms with Gasteiger partial charge in [0.2, 0.25) is 5.88 Å². The molecule has 21 heavy (non-hydrogen) atoms. The van der Waals surface area contributed by atoms with Crippen molar-refractivity contribution in [3.8, 4) is 11.6 Å². The molecule has 0 radical (unpaired) electrons. The van der Waals surface area contributed by atoms with Crippen LogP contribution in [-0.2, 0) is 0 Å². The monoisotopic (exact) mass is 396 g/mol. The van der Waals surface area contributed by atoms with Gasteiger partial charge in [-0.1, -0.05) is 19.3 Å². The predicted molar refractivity (Wildman–Crippen MR) is 90.0 cm³/mol. The molecule has 110 valence electrons. The van der Waals surface area contributed by atoms with E-state index in [0.29, 0.717) is 5.82 Å². The van der Waals surface area contributed by atoms with Gasteiger partial charge in [0.1, 0.15) is 5.82 Å². The Morgan fingerprint density at radius 1 is 1.14 bits per heavy atom. The van der Waals surface area contributed by atoms with E-state index in [1.54, 1.807) is 4.57 Å². The van der Waals surface area contributed by atoms with Gasteiger partial charge in [-0.05, 0) is 59.7 Å². The van der Waals surface area contributed by atoms with Gasteiger partial charge in [0.15, 0.2) is 0 Å². The van der Waals surface area contributed by atoms with Gasteiger partial charge in [-0.2, -0.15) is 4.98 Å². The summed E-state index contributed by atoms with van der Waals surface area (Å²) in [4.78, 5) is 16.6. The normalized spacial score (nSPS) is 16.0. The lowest BCUT2D eigenvalue weighted by Crippen LogP contribution is -2.25. The molecule has 0 atom stereocenters. The molecule has 0 spiro atoms. The lowest BCUT2D eigenvalue weighted by atomic mass is 9.88. The van der Waals surface area contributed by atoms with E-state index >= 15 is 0 Å². The fourth-order valence-electron chi connectivity index (χ4n) is 2.97. The molecule has 4 nitrogen and oxygen atoms in total. The molecule has 1 aromatic heterocycles. The molecule has 0 unspecified atom stereocenters. The van der Waals surface area contributed by atoms with Crippen molar-refractivity contribution in [2.24, 2.45) is 0 Å². The molecule has 0 bridgehead atoms. The summed E-state index contributed by atoms with van der Waals surface area (Å²) in [6.45, 7) is 0. The van der Waals surface area contributed by atoms with Crippen molar-refractivity contribution in [1.82, 2.24) is 9.55 Å². The molecule has 1 saturated carbocycles. The lowest BCUT2D eigenvalue weighted by molar-refractivity contribution is 0.402. The molecule has 0 aliphatic heterocycles. The zero-order valence-electron chi connectivity index (χ0n) is 11.6. The highest BCUT2D eigenvalue weighted by atomic mass is 127. The van der Waals surface area contributed by atoms with Gasteiger partial charge < -0.3 is 5.11 Å². The van der Waals surface area contributed by atoms with E-state index in [-0.39, 0.29) is 17.4 Å². The Bertz CT molecular complexity index is 688. The quantitative estimate of drug-likeness (QED) is 0.790. The Morgan fingerprint density at radius 2 is 1.81 bits per heavy atom. The average Bonchev–Trinajstić information content (AvgIpc) is 2.49. The first-order valence-corrected chi connectivity index (χ1v) is 8.32. The first-order chi connectivity index (χ1) is 10.1. The lowest BCUT2D eigenvalue weighted by Gasteiger charge is -2.24. The van der Waals surface area contributed by atoms with Crippen LogP contribution in [0.2, 0.25) is 0 Å². The number of aromatic nitrogens is 2. The molecule has 1 N–H and O–H groups in total. The third-order valence-corrected chi connectivity index (χ3v) is 4.71. The number of hydrogen-bond acceptors (Lipinski definition) is 3. The molecule has 1 aromatic carbocycles. The second-order valence-electron chi connectivity index (χ2n) is 5.46. The fourth-order valence-corrected chi connectivity index (χ4v) is 3.33. The average molecular weight is 396 g/mol. The van der Waals surface area contributed by atoms with Crippen molar-refractivity contribution >= 4 is 22.6 Å². The molecule has 0 saturated heterocycles. The first kappa shape index (κ1) is 14.6. The molecular formula is C16H17IN2O2. The van der Waals surface area contributed by atoms with Crippen LogP contribution in [0.3, 0.4) is 0 Å². The molecule has 2 aromatic rings. The Kier molecular flexibility index (Phi) is 4.28. The zero-order chi connectivity index (χ0) is 14.8. The molecule has 5 heteroatoms. The Labute approximate surface area is 137 Å². The smallest absolute Gasteiger partial charge is 0.261 e.